The van der Waals surface area contributed by atoms with Gasteiger partial charge in [0, 0.05) is 44.7 Å². The lowest BCUT2D eigenvalue weighted by Gasteiger charge is -2.36. The van der Waals surface area contributed by atoms with Crippen molar-refractivity contribution in [2.45, 2.75) is 38.3 Å². The molecule has 1 fully saturated rings. The van der Waals surface area contributed by atoms with E-state index in [2.05, 4.69) is 14.8 Å². The Labute approximate surface area is 130 Å². The zero-order valence-electron chi connectivity index (χ0n) is 13.0. The van der Waals surface area contributed by atoms with Crippen LogP contribution in [0.3, 0.4) is 0 Å². The van der Waals surface area contributed by atoms with Gasteiger partial charge in [-0.05, 0) is 31.0 Å². The largest absolute Gasteiger partial charge is 0.355 e. The molecule has 116 valence electrons. The topological polar surface area (TPSA) is 50.2 Å². The maximum Gasteiger partial charge on any atom is 0.251 e. The predicted molar refractivity (Wildman–Crippen MR) is 86.0 cm³/mol. The summed E-state index contributed by atoms with van der Waals surface area (Å²) in [7, 11) is 1.66. The Morgan fingerprint density at radius 1 is 1.27 bits per heavy atom. The fourth-order valence-electron chi connectivity index (χ4n) is 3.61. The van der Waals surface area contributed by atoms with E-state index in [0.717, 1.165) is 49.0 Å². The molecule has 1 N–H and O–H groups in total. The molecule has 22 heavy (non-hydrogen) atoms. The summed E-state index contributed by atoms with van der Waals surface area (Å²) in [5, 5.41) is 2.67. The van der Waals surface area contributed by atoms with Crippen molar-refractivity contribution >= 4 is 16.9 Å². The number of rotatable bonds is 2. The quantitative estimate of drug-likeness (QED) is 0.920. The average molecular weight is 298 g/mol. The summed E-state index contributed by atoms with van der Waals surface area (Å²) in [5.41, 5.74) is 2.77. The van der Waals surface area contributed by atoms with Crippen LogP contribution >= 0.6 is 0 Å². The number of fused-ring (bicyclic) bond motifs is 3. The highest BCUT2D eigenvalue weighted by molar-refractivity contribution is 5.97. The Morgan fingerprint density at radius 2 is 2.14 bits per heavy atom. The third-order valence-electron chi connectivity index (χ3n) is 5.14. The smallest absolute Gasteiger partial charge is 0.251 e. The lowest BCUT2D eigenvalue weighted by Crippen LogP contribution is -2.41. The Morgan fingerprint density at radius 3 is 2.86 bits per heavy atom. The second-order valence-corrected chi connectivity index (χ2v) is 6.33. The molecule has 0 spiro atoms. The van der Waals surface area contributed by atoms with E-state index in [0.29, 0.717) is 5.56 Å². The predicted octanol–water partition coefficient (Wildman–Crippen LogP) is 1.81. The maximum atomic E-state index is 11.8. The van der Waals surface area contributed by atoms with E-state index in [9.17, 15) is 4.79 Å². The summed E-state index contributed by atoms with van der Waals surface area (Å²) in [4.78, 5) is 19.2. The highest BCUT2D eigenvalue weighted by atomic mass is 16.1. The molecule has 2 aromatic rings. The van der Waals surface area contributed by atoms with Crippen molar-refractivity contribution in [3.8, 4) is 0 Å². The second-order valence-electron chi connectivity index (χ2n) is 6.33. The van der Waals surface area contributed by atoms with E-state index in [-0.39, 0.29) is 5.91 Å². The number of aromatic nitrogens is 2. The highest BCUT2D eigenvalue weighted by Crippen LogP contribution is 2.27. The molecule has 1 aromatic carbocycles. The minimum atomic E-state index is -0.0544. The number of carbonyl (C=O) groups excluding carboxylic acids is 1. The monoisotopic (exact) mass is 298 g/mol. The fourth-order valence-corrected chi connectivity index (χ4v) is 3.61. The molecule has 0 unspecified atom stereocenters. The molecule has 1 saturated carbocycles. The molecule has 4 rings (SSSR count). The second kappa shape index (κ2) is 5.39. The zero-order valence-corrected chi connectivity index (χ0v) is 13.0. The molecule has 1 amide bonds. The van der Waals surface area contributed by atoms with Gasteiger partial charge in [-0.2, -0.15) is 0 Å². The summed E-state index contributed by atoms with van der Waals surface area (Å²) in [6, 6.07) is 6.63. The van der Waals surface area contributed by atoms with E-state index in [4.69, 9.17) is 4.98 Å². The summed E-state index contributed by atoms with van der Waals surface area (Å²) in [5.74, 6) is 1.10. The van der Waals surface area contributed by atoms with Crippen LogP contribution in [0.1, 0.15) is 35.4 Å². The van der Waals surface area contributed by atoms with Gasteiger partial charge in [-0.3, -0.25) is 9.69 Å². The molecular formula is C17H22N4O. The summed E-state index contributed by atoms with van der Waals surface area (Å²) >= 11 is 0. The third kappa shape index (κ3) is 2.20. The van der Waals surface area contributed by atoms with E-state index in [1.54, 1.807) is 7.05 Å². The van der Waals surface area contributed by atoms with Gasteiger partial charge in [-0.15, -0.1) is 0 Å². The van der Waals surface area contributed by atoms with Crippen molar-refractivity contribution in [2.24, 2.45) is 0 Å². The Hall–Kier alpha value is -1.88. The van der Waals surface area contributed by atoms with Gasteiger partial charge in [0.2, 0.25) is 0 Å². The van der Waals surface area contributed by atoms with Gasteiger partial charge in [0.25, 0.3) is 5.91 Å². The number of amides is 1. The van der Waals surface area contributed by atoms with E-state index >= 15 is 0 Å². The van der Waals surface area contributed by atoms with Gasteiger partial charge < -0.3 is 9.88 Å². The number of nitrogens with zero attached hydrogens (tertiary/aromatic N) is 3. The molecule has 0 radical (unpaired) electrons. The van der Waals surface area contributed by atoms with Crippen LogP contribution in [0.25, 0.3) is 11.0 Å². The van der Waals surface area contributed by atoms with Crippen LogP contribution < -0.4 is 5.32 Å². The normalized spacial score (nSPS) is 19.5. The van der Waals surface area contributed by atoms with Crippen molar-refractivity contribution in [2.75, 3.05) is 20.1 Å². The van der Waals surface area contributed by atoms with E-state index in [1.807, 2.05) is 18.2 Å². The standard InChI is InChI=1S/C17H22N4O/c1-18-17(22)12-5-6-15-14(11-12)19-16-7-8-20(9-10-21(15)16)13-3-2-4-13/h5-6,11,13H,2-4,7-10H2,1H3,(H,18,22). The van der Waals surface area contributed by atoms with Gasteiger partial charge in [0.1, 0.15) is 5.82 Å². The maximum absolute atomic E-state index is 11.8. The molecule has 0 saturated heterocycles. The van der Waals surface area contributed by atoms with Gasteiger partial charge in [-0.1, -0.05) is 6.42 Å². The van der Waals surface area contributed by atoms with Crippen molar-refractivity contribution in [1.82, 2.24) is 19.8 Å². The molecule has 2 aliphatic rings. The Kier molecular flexibility index (Phi) is 3.37. The van der Waals surface area contributed by atoms with Crippen molar-refractivity contribution in [3.05, 3.63) is 29.6 Å². The number of hydrogen-bond donors (Lipinski definition) is 1. The summed E-state index contributed by atoms with van der Waals surface area (Å²) < 4.78 is 2.33. The van der Waals surface area contributed by atoms with Crippen molar-refractivity contribution < 1.29 is 4.79 Å². The van der Waals surface area contributed by atoms with Crippen LogP contribution in [0.5, 0.6) is 0 Å². The van der Waals surface area contributed by atoms with Gasteiger partial charge in [0.05, 0.1) is 11.0 Å². The summed E-state index contributed by atoms with van der Waals surface area (Å²) in [6.45, 7) is 3.22. The molecule has 5 heteroatoms. The molecule has 2 heterocycles. The third-order valence-corrected chi connectivity index (χ3v) is 5.14. The van der Waals surface area contributed by atoms with Gasteiger partial charge in [-0.25, -0.2) is 4.98 Å². The van der Waals surface area contributed by atoms with Crippen LogP contribution in [-0.2, 0) is 13.0 Å². The molecule has 1 aliphatic heterocycles. The number of nitrogens with one attached hydrogen (secondary N) is 1. The first-order valence-corrected chi connectivity index (χ1v) is 8.21. The minimum absolute atomic E-state index is 0.0544. The molecule has 1 aliphatic carbocycles. The first kappa shape index (κ1) is 13.8. The van der Waals surface area contributed by atoms with Gasteiger partial charge >= 0.3 is 0 Å². The molecule has 1 aromatic heterocycles. The van der Waals surface area contributed by atoms with Crippen LogP contribution in [0.15, 0.2) is 18.2 Å². The van der Waals surface area contributed by atoms with Crippen LogP contribution in [0.4, 0.5) is 0 Å². The van der Waals surface area contributed by atoms with Crippen LogP contribution in [-0.4, -0.2) is 46.5 Å². The van der Waals surface area contributed by atoms with Crippen molar-refractivity contribution in [1.29, 1.82) is 0 Å². The molecule has 0 atom stereocenters. The lowest BCUT2D eigenvalue weighted by molar-refractivity contribution is 0.0963. The first-order valence-electron chi connectivity index (χ1n) is 8.21. The molecule has 5 nitrogen and oxygen atoms in total. The number of carbonyl (C=O) groups is 1. The van der Waals surface area contributed by atoms with Crippen molar-refractivity contribution in [3.63, 3.8) is 0 Å². The average Bonchev–Trinajstić information content (AvgIpc) is 2.71. The lowest BCUT2D eigenvalue weighted by atomic mass is 9.91. The fraction of sp³-hybridized carbons (Fsp3) is 0.529. The van der Waals surface area contributed by atoms with E-state index < -0.39 is 0 Å². The Balaban J connectivity index is 1.63. The number of hydrogen-bond acceptors (Lipinski definition) is 3. The number of benzene rings is 1. The van der Waals surface area contributed by atoms with Gasteiger partial charge in [0.15, 0.2) is 0 Å². The molecular weight excluding hydrogens is 276 g/mol. The first-order chi connectivity index (χ1) is 10.8. The van der Waals surface area contributed by atoms with Crippen LogP contribution in [0, 0.1) is 0 Å². The zero-order chi connectivity index (χ0) is 15.1. The SMILES string of the molecule is CNC(=O)c1ccc2c(c1)nc1n2CCN(C2CCC2)CC1. The molecule has 0 bridgehead atoms. The highest BCUT2D eigenvalue weighted by Gasteiger charge is 2.27. The van der Waals surface area contributed by atoms with Crippen LogP contribution in [0.2, 0.25) is 0 Å². The minimum Gasteiger partial charge on any atom is -0.355 e. The van der Waals surface area contributed by atoms with E-state index in [1.165, 1.54) is 19.3 Å². The number of imidazole rings is 1. The Bertz CT molecular complexity index is 717. The summed E-state index contributed by atoms with van der Waals surface area (Å²) in [6.07, 6.45) is 5.11.